The Bertz CT molecular complexity index is 880. The molecule has 0 saturated carbocycles. The van der Waals surface area contributed by atoms with Crippen LogP contribution in [0.2, 0.25) is 0 Å². The van der Waals surface area contributed by atoms with Gasteiger partial charge in [0, 0.05) is 19.6 Å². The molecule has 144 valence electrons. The summed E-state index contributed by atoms with van der Waals surface area (Å²) in [4.78, 5) is 27.8. The average Bonchev–Trinajstić information content (AvgIpc) is 2.86. The van der Waals surface area contributed by atoms with Gasteiger partial charge in [-0.2, -0.15) is 5.10 Å². The zero-order valence-electron chi connectivity index (χ0n) is 15.4. The molecule has 1 saturated heterocycles. The standard InChI is InChI=1S/C20H25FN4O2/c21-16-8-5-7-15(13-16)14-25-20(27)24-12-6-9-17(18(24)22-25)19(26)23-10-3-1-2-4-11-23/h5,7-8,13,17H,1-4,6,9-12,14H2. The van der Waals surface area contributed by atoms with Crippen molar-refractivity contribution in [3.63, 3.8) is 0 Å². The van der Waals surface area contributed by atoms with Gasteiger partial charge in [0.05, 0.1) is 12.5 Å². The van der Waals surface area contributed by atoms with Crippen LogP contribution in [0, 0.1) is 5.82 Å². The number of carbonyl (C=O) groups excluding carboxylic acids is 1. The van der Waals surface area contributed by atoms with Crippen molar-refractivity contribution in [1.29, 1.82) is 0 Å². The quantitative estimate of drug-likeness (QED) is 0.832. The Morgan fingerprint density at radius 3 is 2.63 bits per heavy atom. The molecule has 0 bridgehead atoms. The zero-order chi connectivity index (χ0) is 18.8. The lowest BCUT2D eigenvalue weighted by molar-refractivity contribution is -0.133. The first kappa shape index (κ1) is 17.9. The van der Waals surface area contributed by atoms with E-state index in [1.807, 2.05) is 4.90 Å². The minimum atomic E-state index is -0.349. The number of benzene rings is 1. The molecule has 4 rings (SSSR count). The Kier molecular flexibility index (Phi) is 5.09. The van der Waals surface area contributed by atoms with Gasteiger partial charge < -0.3 is 4.90 Å². The third kappa shape index (κ3) is 3.68. The number of nitrogens with zero attached hydrogens (tertiary/aromatic N) is 4. The number of carbonyl (C=O) groups is 1. The van der Waals surface area contributed by atoms with E-state index in [1.54, 1.807) is 16.7 Å². The fraction of sp³-hybridized carbons (Fsp3) is 0.550. The van der Waals surface area contributed by atoms with Gasteiger partial charge in [0.2, 0.25) is 5.91 Å². The molecule has 0 aliphatic carbocycles. The van der Waals surface area contributed by atoms with Crippen molar-refractivity contribution in [1.82, 2.24) is 19.2 Å². The lowest BCUT2D eigenvalue weighted by atomic mass is 9.97. The van der Waals surface area contributed by atoms with Gasteiger partial charge in [-0.1, -0.05) is 25.0 Å². The van der Waals surface area contributed by atoms with E-state index in [0.717, 1.165) is 38.8 Å². The van der Waals surface area contributed by atoms with E-state index >= 15 is 0 Å². The molecule has 6 nitrogen and oxygen atoms in total. The molecule has 1 fully saturated rings. The summed E-state index contributed by atoms with van der Waals surface area (Å²) >= 11 is 0. The predicted molar refractivity (Wildman–Crippen MR) is 99.0 cm³/mol. The maximum atomic E-state index is 13.4. The monoisotopic (exact) mass is 372 g/mol. The van der Waals surface area contributed by atoms with E-state index in [-0.39, 0.29) is 29.9 Å². The first-order chi connectivity index (χ1) is 13.1. The summed E-state index contributed by atoms with van der Waals surface area (Å²) in [7, 11) is 0. The largest absolute Gasteiger partial charge is 0.346 e. The maximum absolute atomic E-state index is 13.4. The second-order valence-electron chi connectivity index (χ2n) is 7.51. The van der Waals surface area contributed by atoms with Gasteiger partial charge in [0.15, 0.2) is 0 Å². The molecular formula is C20H25FN4O2. The highest BCUT2D eigenvalue weighted by Gasteiger charge is 2.34. The Morgan fingerprint density at radius 2 is 1.89 bits per heavy atom. The van der Waals surface area contributed by atoms with Gasteiger partial charge in [0.25, 0.3) is 0 Å². The van der Waals surface area contributed by atoms with Crippen molar-refractivity contribution < 1.29 is 9.18 Å². The fourth-order valence-corrected chi connectivity index (χ4v) is 4.16. The molecule has 2 aromatic rings. The van der Waals surface area contributed by atoms with Crippen LogP contribution in [0.25, 0.3) is 0 Å². The predicted octanol–water partition coefficient (Wildman–Crippen LogP) is 2.51. The number of halogens is 1. The van der Waals surface area contributed by atoms with E-state index in [4.69, 9.17) is 0 Å². The number of fused-ring (bicyclic) bond motifs is 1. The van der Waals surface area contributed by atoms with Crippen molar-refractivity contribution in [2.45, 2.75) is 57.5 Å². The summed E-state index contributed by atoms with van der Waals surface area (Å²) in [5.41, 5.74) is 0.463. The van der Waals surface area contributed by atoms with Crippen LogP contribution in [0.1, 0.15) is 55.8 Å². The van der Waals surface area contributed by atoms with E-state index in [0.29, 0.717) is 17.9 Å². The van der Waals surface area contributed by atoms with Crippen LogP contribution in [0.3, 0.4) is 0 Å². The molecule has 27 heavy (non-hydrogen) atoms. The highest BCUT2D eigenvalue weighted by molar-refractivity contribution is 5.83. The molecule has 1 unspecified atom stereocenters. The van der Waals surface area contributed by atoms with E-state index < -0.39 is 0 Å². The van der Waals surface area contributed by atoms with Crippen LogP contribution in [0.5, 0.6) is 0 Å². The van der Waals surface area contributed by atoms with E-state index in [1.165, 1.54) is 29.7 Å². The van der Waals surface area contributed by atoms with Gasteiger partial charge in [-0.25, -0.2) is 13.9 Å². The van der Waals surface area contributed by atoms with Crippen LogP contribution >= 0.6 is 0 Å². The van der Waals surface area contributed by atoms with E-state index in [2.05, 4.69) is 5.10 Å². The number of hydrogen-bond acceptors (Lipinski definition) is 3. The Hall–Kier alpha value is -2.44. The molecule has 1 atom stereocenters. The van der Waals surface area contributed by atoms with Crippen LogP contribution in [-0.4, -0.2) is 38.2 Å². The zero-order valence-corrected chi connectivity index (χ0v) is 15.4. The Labute approximate surface area is 157 Å². The topological polar surface area (TPSA) is 60.1 Å². The molecule has 1 amide bonds. The number of amides is 1. The van der Waals surface area contributed by atoms with Gasteiger partial charge in [-0.3, -0.25) is 9.36 Å². The normalized spacial score (nSPS) is 20.2. The third-order valence-electron chi connectivity index (χ3n) is 5.57. The number of hydrogen-bond donors (Lipinski definition) is 0. The lowest BCUT2D eigenvalue weighted by Gasteiger charge is -2.28. The SMILES string of the molecule is O=C(C1CCCn2c1nn(Cc1cccc(F)c1)c2=O)N1CCCCCC1. The second-order valence-corrected chi connectivity index (χ2v) is 7.51. The summed E-state index contributed by atoms with van der Waals surface area (Å²) in [6.07, 6.45) is 5.94. The van der Waals surface area contributed by atoms with Crippen LogP contribution < -0.4 is 5.69 Å². The molecule has 1 aromatic carbocycles. The van der Waals surface area contributed by atoms with E-state index in [9.17, 15) is 14.0 Å². The number of aromatic nitrogens is 3. The number of rotatable bonds is 3. The second kappa shape index (κ2) is 7.66. The van der Waals surface area contributed by atoms with Crippen LogP contribution in [0.4, 0.5) is 4.39 Å². The van der Waals surface area contributed by atoms with Crippen molar-refractivity contribution >= 4 is 5.91 Å². The maximum Gasteiger partial charge on any atom is 0.346 e. The Balaban J connectivity index is 1.60. The highest BCUT2D eigenvalue weighted by atomic mass is 19.1. The van der Waals surface area contributed by atoms with Gasteiger partial charge in [-0.15, -0.1) is 0 Å². The molecule has 1 aromatic heterocycles. The molecule has 0 spiro atoms. The summed E-state index contributed by atoms with van der Waals surface area (Å²) in [5.74, 6) is -0.0188. The minimum absolute atomic E-state index is 0.0979. The highest BCUT2D eigenvalue weighted by Crippen LogP contribution is 2.27. The lowest BCUT2D eigenvalue weighted by Crippen LogP contribution is -2.39. The van der Waals surface area contributed by atoms with Crippen molar-refractivity contribution in [2.75, 3.05) is 13.1 Å². The van der Waals surface area contributed by atoms with Gasteiger partial charge >= 0.3 is 5.69 Å². The van der Waals surface area contributed by atoms with Gasteiger partial charge in [0.1, 0.15) is 11.6 Å². The summed E-state index contributed by atoms with van der Waals surface area (Å²) in [6, 6.07) is 6.18. The third-order valence-corrected chi connectivity index (χ3v) is 5.57. The first-order valence-electron chi connectivity index (χ1n) is 9.84. The molecule has 2 aliphatic rings. The van der Waals surface area contributed by atoms with Crippen molar-refractivity contribution in [3.8, 4) is 0 Å². The summed E-state index contributed by atoms with van der Waals surface area (Å²) in [6.45, 7) is 2.38. The van der Waals surface area contributed by atoms with Crippen molar-refractivity contribution in [2.24, 2.45) is 0 Å². The van der Waals surface area contributed by atoms with Crippen LogP contribution in [-0.2, 0) is 17.9 Å². The first-order valence-corrected chi connectivity index (χ1v) is 9.84. The van der Waals surface area contributed by atoms with Gasteiger partial charge in [-0.05, 0) is 43.4 Å². The molecule has 0 radical (unpaired) electrons. The van der Waals surface area contributed by atoms with Crippen LogP contribution in [0.15, 0.2) is 29.1 Å². The average molecular weight is 372 g/mol. The smallest absolute Gasteiger partial charge is 0.342 e. The fourth-order valence-electron chi connectivity index (χ4n) is 4.16. The summed E-state index contributed by atoms with van der Waals surface area (Å²) < 4.78 is 16.4. The molecule has 7 heteroatoms. The molecule has 0 N–H and O–H groups in total. The van der Waals surface area contributed by atoms with Crippen molar-refractivity contribution in [3.05, 3.63) is 52.0 Å². The molecule has 2 aliphatic heterocycles. The minimum Gasteiger partial charge on any atom is -0.342 e. The summed E-state index contributed by atoms with van der Waals surface area (Å²) in [5, 5.41) is 4.49. The Morgan fingerprint density at radius 1 is 1.11 bits per heavy atom. The number of likely N-dealkylation sites (tertiary alicyclic amines) is 1. The molecule has 3 heterocycles. The molecular weight excluding hydrogens is 347 g/mol.